The van der Waals surface area contributed by atoms with Gasteiger partial charge in [0.1, 0.15) is 11.4 Å². The number of fused-ring (bicyclic) bond motifs is 1. The Kier molecular flexibility index (Phi) is 6.93. The molecule has 1 saturated carbocycles. The first kappa shape index (κ1) is 23.2. The Balaban J connectivity index is 1.47. The summed E-state index contributed by atoms with van der Waals surface area (Å²) in [6.45, 7) is 3.47. The molecule has 1 aromatic heterocycles. The van der Waals surface area contributed by atoms with Gasteiger partial charge in [-0.05, 0) is 63.9 Å². The van der Waals surface area contributed by atoms with Crippen LogP contribution in [0.2, 0.25) is 0 Å². The van der Waals surface area contributed by atoms with Crippen LogP contribution in [0.4, 0.5) is 10.5 Å². The molecule has 4 rings (SSSR count). The van der Waals surface area contributed by atoms with E-state index in [1.54, 1.807) is 32.7 Å². The van der Waals surface area contributed by atoms with Gasteiger partial charge >= 0.3 is 6.03 Å². The van der Waals surface area contributed by atoms with Crippen molar-refractivity contribution < 1.29 is 19.0 Å². The molecule has 0 bridgehead atoms. The van der Waals surface area contributed by atoms with Crippen LogP contribution in [0.5, 0.6) is 17.2 Å². The smallest absolute Gasteiger partial charge is 0.319 e. The van der Waals surface area contributed by atoms with Crippen LogP contribution in [-0.2, 0) is 5.41 Å². The minimum absolute atomic E-state index is 0.0500. The Labute approximate surface area is 195 Å². The van der Waals surface area contributed by atoms with Crippen LogP contribution in [0.15, 0.2) is 36.7 Å². The van der Waals surface area contributed by atoms with Gasteiger partial charge < -0.3 is 29.7 Å². The quantitative estimate of drug-likeness (QED) is 0.662. The monoisotopic (exact) mass is 454 g/mol. The lowest BCUT2D eigenvalue weighted by atomic mass is 9.65. The molecule has 2 N–H and O–H groups in total. The van der Waals surface area contributed by atoms with Crippen LogP contribution in [0.25, 0.3) is 0 Å². The van der Waals surface area contributed by atoms with E-state index in [0.29, 0.717) is 24.1 Å². The largest absolute Gasteiger partial charge is 0.493 e. The Morgan fingerprint density at radius 1 is 1.18 bits per heavy atom. The molecule has 2 fully saturated rings. The topological polar surface area (TPSA) is 85.0 Å². The molecule has 0 unspecified atom stereocenters. The lowest BCUT2D eigenvalue weighted by Crippen LogP contribution is -2.52. The van der Waals surface area contributed by atoms with Gasteiger partial charge in [0.2, 0.25) is 0 Å². The number of rotatable bonds is 7. The minimum atomic E-state index is -0.229. The SMILES string of the molecule is CCOc1ccncc1NC(=O)N[C@@H]1CC[C@@]2(c3ccc(OC)c(OC)c3)CCN(C)[C@H]2C1. The maximum absolute atomic E-state index is 12.8. The van der Waals surface area contributed by atoms with E-state index >= 15 is 0 Å². The van der Waals surface area contributed by atoms with Crippen molar-refractivity contribution in [2.24, 2.45) is 0 Å². The summed E-state index contributed by atoms with van der Waals surface area (Å²) in [5.41, 5.74) is 1.91. The molecule has 0 spiro atoms. The number of hydrogen-bond acceptors (Lipinski definition) is 6. The average molecular weight is 455 g/mol. The molecule has 2 aromatic rings. The van der Waals surface area contributed by atoms with Crippen molar-refractivity contribution in [3.63, 3.8) is 0 Å². The van der Waals surface area contributed by atoms with Crippen molar-refractivity contribution in [1.29, 1.82) is 0 Å². The maximum atomic E-state index is 12.8. The van der Waals surface area contributed by atoms with Crippen LogP contribution >= 0.6 is 0 Å². The van der Waals surface area contributed by atoms with E-state index in [1.807, 2.05) is 13.0 Å². The number of anilines is 1. The Morgan fingerprint density at radius 3 is 2.76 bits per heavy atom. The number of aromatic nitrogens is 1. The number of amides is 2. The highest BCUT2D eigenvalue weighted by Gasteiger charge is 2.50. The van der Waals surface area contributed by atoms with Crippen LogP contribution in [-0.4, -0.2) is 62.4 Å². The number of nitrogens with one attached hydrogen (secondary N) is 2. The number of likely N-dealkylation sites (tertiary alicyclic amines) is 1. The molecule has 1 aromatic carbocycles. The number of methoxy groups -OCH3 is 2. The summed E-state index contributed by atoms with van der Waals surface area (Å²) >= 11 is 0. The summed E-state index contributed by atoms with van der Waals surface area (Å²) in [4.78, 5) is 19.3. The molecule has 2 amide bonds. The van der Waals surface area contributed by atoms with Crippen LogP contribution in [0, 0.1) is 0 Å². The normalized spacial score (nSPS) is 24.6. The fraction of sp³-hybridized carbons (Fsp3) is 0.520. The van der Waals surface area contributed by atoms with E-state index in [2.05, 4.69) is 39.7 Å². The van der Waals surface area contributed by atoms with Crippen molar-refractivity contribution in [1.82, 2.24) is 15.2 Å². The standard InChI is InChI=1S/C25H34N4O4/c1-5-33-20-9-12-26-16-19(20)28-24(30)27-18-8-10-25(11-13-29(2)23(25)15-18)17-6-7-21(31-3)22(14-17)32-4/h6-7,9,12,14,16,18,23H,5,8,10-11,13,15H2,1-4H3,(H2,27,28,30)/t18-,23+,25+/m1/s1. The minimum Gasteiger partial charge on any atom is -0.493 e. The van der Waals surface area contributed by atoms with Gasteiger partial charge in [-0.15, -0.1) is 0 Å². The average Bonchev–Trinajstić information content (AvgIpc) is 3.17. The van der Waals surface area contributed by atoms with Crippen molar-refractivity contribution in [3.05, 3.63) is 42.2 Å². The second kappa shape index (κ2) is 9.87. The summed E-state index contributed by atoms with van der Waals surface area (Å²) in [5.74, 6) is 2.13. The number of nitrogens with zero attached hydrogens (tertiary/aromatic N) is 2. The van der Waals surface area contributed by atoms with E-state index in [0.717, 1.165) is 43.7 Å². The lowest BCUT2D eigenvalue weighted by Gasteiger charge is -2.45. The van der Waals surface area contributed by atoms with Gasteiger partial charge in [-0.1, -0.05) is 6.07 Å². The van der Waals surface area contributed by atoms with Gasteiger partial charge in [0.15, 0.2) is 11.5 Å². The highest BCUT2D eigenvalue weighted by molar-refractivity contribution is 5.90. The molecule has 8 nitrogen and oxygen atoms in total. The fourth-order valence-corrected chi connectivity index (χ4v) is 5.50. The zero-order chi connectivity index (χ0) is 23.4. The second-order valence-electron chi connectivity index (χ2n) is 8.85. The molecule has 2 aliphatic rings. The summed E-state index contributed by atoms with van der Waals surface area (Å²) in [7, 11) is 5.52. The highest BCUT2D eigenvalue weighted by atomic mass is 16.5. The number of ether oxygens (including phenoxy) is 3. The lowest BCUT2D eigenvalue weighted by molar-refractivity contribution is 0.156. The zero-order valence-corrected chi connectivity index (χ0v) is 19.9. The molecule has 0 radical (unpaired) electrons. The van der Waals surface area contributed by atoms with E-state index < -0.39 is 0 Å². The first-order valence-corrected chi connectivity index (χ1v) is 11.6. The number of pyridine rings is 1. The predicted octanol–water partition coefficient (Wildman–Crippen LogP) is 3.81. The highest BCUT2D eigenvalue weighted by Crippen LogP contribution is 2.49. The number of hydrogen-bond donors (Lipinski definition) is 2. The summed E-state index contributed by atoms with van der Waals surface area (Å²) in [6, 6.07) is 8.26. The van der Waals surface area contributed by atoms with E-state index in [-0.39, 0.29) is 17.5 Å². The number of carbonyl (C=O) groups excluding carboxylic acids is 1. The van der Waals surface area contributed by atoms with Gasteiger partial charge in [0.05, 0.1) is 27.0 Å². The summed E-state index contributed by atoms with van der Waals surface area (Å²) in [5, 5.41) is 6.08. The Bertz CT molecular complexity index is 985. The third kappa shape index (κ3) is 4.57. The van der Waals surface area contributed by atoms with E-state index in [1.165, 1.54) is 5.56 Å². The predicted molar refractivity (Wildman–Crippen MR) is 127 cm³/mol. The molecular formula is C25H34N4O4. The molecule has 3 atom stereocenters. The number of benzene rings is 1. The molecular weight excluding hydrogens is 420 g/mol. The molecule has 1 saturated heterocycles. The van der Waals surface area contributed by atoms with Crippen molar-refractivity contribution in [2.75, 3.05) is 39.7 Å². The molecule has 33 heavy (non-hydrogen) atoms. The molecule has 8 heteroatoms. The van der Waals surface area contributed by atoms with E-state index in [9.17, 15) is 4.79 Å². The van der Waals surface area contributed by atoms with E-state index in [4.69, 9.17) is 14.2 Å². The van der Waals surface area contributed by atoms with Crippen LogP contribution in [0.3, 0.4) is 0 Å². The van der Waals surface area contributed by atoms with Gasteiger partial charge in [0.25, 0.3) is 0 Å². The second-order valence-corrected chi connectivity index (χ2v) is 8.85. The van der Waals surface area contributed by atoms with Gasteiger partial charge in [-0.3, -0.25) is 4.98 Å². The Hall–Kier alpha value is -3.00. The fourth-order valence-electron chi connectivity index (χ4n) is 5.50. The molecule has 178 valence electrons. The summed E-state index contributed by atoms with van der Waals surface area (Å²) < 4.78 is 16.6. The van der Waals surface area contributed by atoms with Gasteiger partial charge in [-0.25, -0.2) is 4.79 Å². The molecule has 1 aliphatic heterocycles. The van der Waals surface area contributed by atoms with Crippen LogP contribution in [0.1, 0.15) is 38.2 Å². The molecule has 2 heterocycles. The van der Waals surface area contributed by atoms with Crippen molar-refractivity contribution >= 4 is 11.7 Å². The zero-order valence-electron chi connectivity index (χ0n) is 19.9. The third-order valence-corrected chi connectivity index (χ3v) is 7.15. The van der Waals surface area contributed by atoms with Gasteiger partial charge in [-0.2, -0.15) is 0 Å². The van der Waals surface area contributed by atoms with Crippen LogP contribution < -0.4 is 24.8 Å². The number of carbonyl (C=O) groups is 1. The first-order chi connectivity index (χ1) is 16.0. The number of urea groups is 1. The Morgan fingerprint density at radius 2 is 2.00 bits per heavy atom. The summed E-state index contributed by atoms with van der Waals surface area (Å²) in [6.07, 6.45) is 7.16. The van der Waals surface area contributed by atoms with Crippen molar-refractivity contribution in [2.45, 2.75) is 50.1 Å². The number of likely N-dealkylation sites (N-methyl/N-ethyl adjacent to an activating group) is 1. The molecule has 1 aliphatic carbocycles. The third-order valence-electron chi connectivity index (χ3n) is 7.15. The van der Waals surface area contributed by atoms with Gasteiger partial charge in [0, 0.05) is 29.8 Å². The maximum Gasteiger partial charge on any atom is 0.319 e. The van der Waals surface area contributed by atoms with Crippen molar-refractivity contribution in [3.8, 4) is 17.2 Å². The first-order valence-electron chi connectivity index (χ1n) is 11.6.